The first-order chi connectivity index (χ1) is 12.1. The van der Waals surface area contributed by atoms with Crippen molar-refractivity contribution in [3.63, 3.8) is 0 Å². The molecule has 130 valence electrons. The van der Waals surface area contributed by atoms with E-state index in [0.717, 1.165) is 25.9 Å². The molecule has 0 saturated heterocycles. The summed E-state index contributed by atoms with van der Waals surface area (Å²) in [6.45, 7) is 4.46. The molecule has 3 rings (SSSR count). The van der Waals surface area contributed by atoms with Crippen LogP contribution in [-0.4, -0.2) is 24.7 Å². The van der Waals surface area contributed by atoms with Crippen LogP contribution in [0.5, 0.6) is 5.75 Å². The van der Waals surface area contributed by atoms with E-state index in [-0.39, 0.29) is 5.97 Å². The SMILES string of the molecule is CCOc1ccc2nc(SC(C)(C(=O)OC)c3ccccc3)sc2c1. The molecular weight excluding hydrogens is 354 g/mol. The average molecular weight is 373 g/mol. The predicted molar refractivity (Wildman–Crippen MR) is 102 cm³/mol. The molecule has 0 bridgehead atoms. The van der Waals surface area contributed by atoms with Gasteiger partial charge in [-0.1, -0.05) is 42.1 Å². The first-order valence-electron chi connectivity index (χ1n) is 7.93. The highest BCUT2D eigenvalue weighted by Gasteiger charge is 2.38. The summed E-state index contributed by atoms with van der Waals surface area (Å²) in [5.41, 5.74) is 1.79. The van der Waals surface area contributed by atoms with Gasteiger partial charge < -0.3 is 9.47 Å². The molecule has 0 aliphatic carbocycles. The predicted octanol–water partition coefficient (Wildman–Crippen LogP) is 4.88. The smallest absolute Gasteiger partial charge is 0.326 e. The van der Waals surface area contributed by atoms with Gasteiger partial charge in [-0.2, -0.15) is 0 Å². The number of carbonyl (C=O) groups is 1. The number of thioether (sulfide) groups is 1. The van der Waals surface area contributed by atoms with E-state index in [1.807, 2.05) is 62.4 Å². The second-order valence-electron chi connectivity index (χ2n) is 5.54. The number of ether oxygens (including phenoxy) is 2. The summed E-state index contributed by atoms with van der Waals surface area (Å²) in [4.78, 5) is 17.2. The minimum Gasteiger partial charge on any atom is -0.494 e. The summed E-state index contributed by atoms with van der Waals surface area (Å²) in [6, 6.07) is 15.5. The number of thiazole rings is 1. The van der Waals surface area contributed by atoms with Crippen LogP contribution in [0.2, 0.25) is 0 Å². The maximum Gasteiger partial charge on any atom is 0.326 e. The molecule has 0 aliphatic heterocycles. The number of methoxy groups -OCH3 is 1. The Morgan fingerprint density at radius 3 is 2.68 bits per heavy atom. The van der Waals surface area contributed by atoms with Crippen LogP contribution in [-0.2, 0) is 14.3 Å². The molecule has 0 saturated carbocycles. The van der Waals surface area contributed by atoms with E-state index in [0.29, 0.717) is 6.61 Å². The Morgan fingerprint density at radius 2 is 2.00 bits per heavy atom. The van der Waals surface area contributed by atoms with Crippen molar-refractivity contribution in [2.24, 2.45) is 0 Å². The fourth-order valence-corrected chi connectivity index (χ4v) is 5.10. The van der Waals surface area contributed by atoms with Crippen LogP contribution in [0, 0.1) is 0 Å². The lowest BCUT2D eigenvalue weighted by Crippen LogP contribution is -2.30. The Balaban J connectivity index is 1.97. The van der Waals surface area contributed by atoms with Crippen molar-refractivity contribution in [3.05, 3.63) is 54.1 Å². The van der Waals surface area contributed by atoms with E-state index in [1.54, 1.807) is 11.3 Å². The summed E-state index contributed by atoms with van der Waals surface area (Å²) in [6.07, 6.45) is 0. The van der Waals surface area contributed by atoms with E-state index < -0.39 is 4.75 Å². The number of fused-ring (bicyclic) bond motifs is 1. The lowest BCUT2D eigenvalue weighted by Gasteiger charge is -2.25. The van der Waals surface area contributed by atoms with Crippen LogP contribution in [0.15, 0.2) is 52.9 Å². The fourth-order valence-electron chi connectivity index (χ4n) is 2.53. The molecule has 0 amide bonds. The van der Waals surface area contributed by atoms with E-state index in [4.69, 9.17) is 9.47 Å². The Morgan fingerprint density at radius 1 is 1.24 bits per heavy atom. The molecular formula is C19H19NO3S2. The van der Waals surface area contributed by atoms with Crippen LogP contribution in [0.3, 0.4) is 0 Å². The lowest BCUT2D eigenvalue weighted by atomic mass is 10.0. The standard InChI is InChI=1S/C19H19NO3S2/c1-4-23-14-10-11-15-16(12-14)24-18(20-15)25-19(2,17(21)22-3)13-8-6-5-7-9-13/h5-12H,4H2,1-3H3. The van der Waals surface area contributed by atoms with Gasteiger partial charge in [0.25, 0.3) is 0 Å². The summed E-state index contributed by atoms with van der Waals surface area (Å²) < 4.78 is 11.6. The van der Waals surface area contributed by atoms with Crippen molar-refractivity contribution < 1.29 is 14.3 Å². The largest absolute Gasteiger partial charge is 0.494 e. The molecule has 1 heterocycles. The Labute approximate surface area is 155 Å². The number of esters is 1. The number of rotatable bonds is 6. The minimum absolute atomic E-state index is 0.294. The molecule has 0 fully saturated rings. The van der Waals surface area contributed by atoms with Crippen molar-refractivity contribution in [2.45, 2.75) is 22.9 Å². The summed E-state index contributed by atoms with van der Waals surface area (Å²) in [7, 11) is 1.41. The van der Waals surface area contributed by atoms with Gasteiger partial charge in [0.15, 0.2) is 4.34 Å². The molecule has 0 aliphatic rings. The van der Waals surface area contributed by atoms with E-state index >= 15 is 0 Å². The normalized spacial score (nSPS) is 13.4. The third kappa shape index (κ3) is 3.65. The Kier molecular flexibility index (Phi) is 5.30. The molecule has 25 heavy (non-hydrogen) atoms. The van der Waals surface area contributed by atoms with Gasteiger partial charge >= 0.3 is 5.97 Å². The number of benzene rings is 2. The lowest BCUT2D eigenvalue weighted by molar-refractivity contribution is -0.143. The topological polar surface area (TPSA) is 48.4 Å². The monoisotopic (exact) mass is 373 g/mol. The number of aromatic nitrogens is 1. The van der Waals surface area contributed by atoms with Gasteiger partial charge in [0, 0.05) is 0 Å². The number of carbonyl (C=O) groups excluding carboxylic acids is 1. The average Bonchev–Trinajstić information content (AvgIpc) is 3.03. The van der Waals surface area contributed by atoms with Gasteiger partial charge in [0.1, 0.15) is 10.5 Å². The van der Waals surface area contributed by atoms with Gasteiger partial charge in [-0.3, -0.25) is 4.79 Å². The van der Waals surface area contributed by atoms with E-state index in [1.165, 1.54) is 18.9 Å². The van der Waals surface area contributed by atoms with Crippen molar-refractivity contribution in [3.8, 4) is 5.75 Å². The van der Waals surface area contributed by atoms with Crippen molar-refractivity contribution in [1.29, 1.82) is 0 Å². The molecule has 0 radical (unpaired) electrons. The number of hydrogen-bond donors (Lipinski definition) is 0. The van der Waals surface area contributed by atoms with Crippen LogP contribution in [0.4, 0.5) is 0 Å². The zero-order chi connectivity index (χ0) is 17.9. The quantitative estimate of drug-likeness (QED) is 0.455. The van der Waals surface area contributed by atoms with Gasteiger partial charge in [0.2, 0.25) is 0 Å². The van der Waals surface area contributed by atoms with Crippen LogP contribution in [0.25, 0.3) is 10.2 Å². The fraction of sp³-hybridized carbons (Fsp3) is 0.263. The maximum atomic E-state index is 12.5. The maximum absolute atomic E-state index is 12.5. The van der Waals surface area contributed by atoms with Gasteiger partial charge in [-0.05, 0) is 37.6 Å². The first kappa shape index (κ1) is 17.8. The zero-order valence-corrected chi connectivity index (χ0v) is 15.9. The molecule has 1 aromatic heterocycles. The number of hydrogen-bond acceptors (Lipinski definition) is 6. The summed E-state index contributed by atoms with van der Waals surface area (Å²) in [5.74, 6) is 0.534. The molecule has 0 N–H and O–H groups in total. The molecule has 4 nitrogen and oxygen atoms in total. The Hall–Kier alpha value is -2.05. The minimum atomic E-state index is -0.855. The highest BCUT2D eigenvalue weighted by molar-refractivity contribution is 8.02. The third-order valence-electron chi connectivity index (χ3n) is 3.84. The van der Waals surface area contributed by atoms with E-state index in [9.17, 15) is 4.79 Å². The van der Waals surface area contributed by atoms with Crippen molar-refractivity contribution in [1.82, 2.24) is 4.98 Å². The highest BCUT2D eigenvalue weighted by Crippen LogP contribution is 2.45. The van der Waals surface area contributed by atoms with Gasteiger partial charge in [-0.25, -0.2) is 4.98 Å². The van der Waals surface area contributed by atoms with Crippen LogP contribution in [0.1, 0.15) is 19.4 Å². The molecule has 6 heteroatoms. The second-order valence-corrected chi connectivity index (χ2v) is 8.23. The summed E-state index contributed by atoms with van der Waals surface area (Å²) >= 11 is 2.96. The second kappa shape index (κ2) is 7.45. The van der Waals surface area contributed by atoms with Crippen molar-refractivity contribution >= 4 is 39.3 Å². The first-order valence-corrected chi connectivity index (χ1v) is 9.56. The molecule has 3 aromatic rings. The zero-order valence-electron chi connectivity index (χ0n) is 14.3. The number of nitrogens with zero attached hydrogens (tertiary/aromatic N) is 1. The Bertz CT molecular complexity index is 879. The third-order valence-corrected chi connectivity index (χ3v) is 6.23. The molecule has 0 spiro atoms. The van der Waals surface area contributed by atoms with Crippen molar-refractivity contribution in [2.75, 3.05) is 13.7 Å². The molecule has 1 unspecified atom stereocenters. The van der Waals surface area contributed by atoms with Gasteiger partial charge in [0.05, 0.1) is 23.9 Å². The molecule has 1 atom stereocenters. The summed E-state index contributed by atoms with van der Waals surface area (Å²) in [5, 5.41) is 0. The van der Waals surface area contributed by atoms with Gasteiger partial charge in [-0.15, -0.1) is 11.3 Å². The van der Waals surface area contributed by atoms with E-state index in [2.05, 4.69) is 4.98 Å². The molecule has 2 aromatic carbocycles. The van der Waals surface area contributed by atoms with Crippen LogP contribution < -0.4 is 4.74 Å². The van der Waals surface area contributed by atoms with Crippen LogP contribution >= 0.6 is 23.1 Å². The highest BCUT2D eigenvalue weighted by atomic mass is 32.2.